The third-order valence-corrected chi connectivity index (χ3v) is 4.91. The van der Waals surface area contributed by atoms with Crippen LogP contribution in [-0.4, -0.2) is 17.3 Å². The molecule has 4 heteroatoms. The number of rotatable bonds is 7. The highest BCUT2D eigenvalue weighted by Crippen LogP contribution is 2.33. The number of carbonyl (C=O) groups excluding carboxylic acids is 1. The lowest BCUT2D eigenvalue weighted by Crippen LogP contribution is -2.29. The van der Waals surface area contributed by atoms with E-state index < -0.39 is 5.60 Å². The summed E-state index contributed by atoms with van der Waals surface area (Å²) in [5.41, 5.74) is 0.755. The Labute approximate surface area is 150 Å². The van der Waals surface area contributed by atoms with Crippen LogP contribution in [0.1, 0.15) is 59.9 Å². The largest absolute Gasteiger partial charge is 0.460 e. The SMILES string of the molecule is CC(C)(C)OC(=O)CC(CCSCc1ccc(F)cc1)C(C)(C)C. The molecule has 0 heterocycles. The molecular formula is C20H31FO2S. The van der Waals surface area contributed by atoms with Gasteiger partial charge in [-0.3, -0.25) is 4.79 Å². The summed E-state index contributed by atoms with van der Waals surface area (Å²) >= 11 is 1.82. The number of hydrogen-bond donors (Lipinski definition) is 0. The zero-order valence-corrected chi connectivity index (χ0v) is 16.6. The van der Waals surface area contributed by atoms with Gasteiger partial charge in [-0.1, -0.05) is 32.9 Å². The second kappa shape index (κ2) is 8.89. The number of carbonyl (C=O) groups is 1. The monoisotopic (exact) mass is 354 g/mol. The molecular weight excluding hydrogens is 323 g/mol. The van der Waals surface area contributed by atoms with Crippen molar-refractivity contribution in [1.82, 2.24) is 0 Å². The first-order chi connectivity index (χ1) is 11.0. The van der Waals surface area contributed by atoms with E-state index in [0.29, 0.717) is 6.42 Å². The van der Waals surface area contributed by atoms with Crippen molar-refractivity contribution in [2.75, 3.05) is 5.75 Å². The molecule has 1 unspecified atom stereocenters. The molecule has 0 spiro atoms. The van der Waals surface area contributed by atoms with E-state index in [9.17, 15) is 9.18 Å². The second-order valence-corrected chi connectivity index (χ2v) is 9.43. The maximum Gasteiger partial charge on any atom is 0.306 e. The van der Waals surface area contributed by atoms with E-state index in [0.717, 1.165) is 23.5 Å². The summed E-state index contributed by atoms with van der Waals surface area (Å²) in [6.07, 6.45) is 1.42. The average Bonchev–Trinajstić information content (AvgIpc) is 2.41. The Morgan fingerprint density at radius 2 is 1.71 bits per heavy atom. The topological polar surface area (TPSA) is 26.3 Å². The van der Waals surface area contributed by atoms with Crippen LogP contribution in [0.25, 0.3) is 0 Å². The molecule has 0 aliphatic rings. The van der Waals surface area contributed by atoms with E-state index in [-0.39, 0.29) is 23.1 Å². The smallest absolute Gasteiger partial charge is 0.306 e. The molecule has 1 atom stereocenters. The van der Waals surface area contributed by atoms with E-state index in [1.807, 2.05) is 44.7 Å². The molecule has 136 valence electrons. The van der Waals surface area contributed by atoms with Crippen molar-refractivity contribution < 1.29 is 13.9 Å². The van der Waals surface area contributed by atoms with Crippen molar-refractivity contribution in [2.24, 2.45) is 11.3 Å². The van der Waals surface area contributed by atoms with Crippen LogP contribution in [-0.2, 0) is 15.3 Å². The van der Waals surface area contributed by atoms with E-state index >= 15 is 0 Å². The van der Waals surface area contributed by atoms with Gasteiger partial charge in [0, 0.05) is 12.2 Å². The minimum absolute atomic E-state index is 0.0628. The standard InChI is InChI=1S/C20H31FO2S/c1-19(2,3)16(13-18(22)23-20(4,5)6)11-12-24-14-15-7-9-17(21)10-8-15/h7-10,16H,11-14H2,1-6H3. The van der Waals surface area contributed by atoms with E-state index in [1.165, 1.54) is 12.1 Å². The van der Waals surface area contributed by atoms with Crippen LogP contribution in [0.15, 0.2) is 24.3 Å². The summed E-state index contributed by atoms with van der Waals surface area (Å²) < 4.78 is 18.4. The first kappa shape index (κ1) is 21.0. The maximum absolute atomic E-state index is 12.9. The van der Waals surface area contributed by atoms with Crippen molar-refractivity contribution in [3.63, 3.8) is 0 Å². The van der Waals surface area contributed by atoms with Gasteiger partial charge in [0.2, 0.25) is 0 Å². The summed E-state index contributed by atoms with van der Waals surface area (Å²) in [4.78, 5) is 12.1. The minimum Gasteiger partial charge on any atom is -0.460 e. The molecule has 1 aromatic rings. The number of esters is 1. The van der Waals surface area contributed by atoms with Crippen LogP contribution in [0.2, 0.25) is 0 Å². The molecule has 0 bridgehead atoms. The maximum atomic E-state index is 12.9. The molecule has 0 saturated carbocycles. The normalized spacial score (nSPS) is 13.6. The highest BCUT2D eigenvalue weighted by molar-refractivity contribution is 7.98. The van der Waals surface area contributed by atoms with Crippen LogP contribution >= 0.6 is 11.8 Å². The zero-order valence-electron chi connectivity index (χ0n) is 15.8. The Kier molecular flexibility index (Phi) is 7.78. The van der Waals surface area contributed by atoms with E-state index in [1.54, 1.807) is 0 Å². The second-order valence-electron chi connectivity index (χ2n) is 8.32. The number of halogens is 1. The molecule has 1 rings (SSSR count). The summed E-state index contributed by atoms with van der Waals surface area (Å²) in [5.74, 6) is 1.80. The van der Waals surface area contributed by atoms with Crippen LogP contribution in [0, 0.1) is 17.2 Å². The lowest BCUT2D eigenvalue weighted by atomic mass is 9.77. The van der Waals surface area contributed by atoms with Gasteiger partial charge in [-0.15, -0.1) is 0 Å². The fourth-order valence-electron chi connectivity index (χ4n) is 2.42. The molecule has 0 aliphatic carbocycles. The predicted octanol–water partition coefficient (Wildman–Crippen LogP) is 5.84. The Hall–Kier alpha value is -1.03. The Morgan fingerprint density at radius 1 is 1.12 bits per heavy atom. The van der Waals surface area contributed by atoms with Gasteiger partial charge >= 0.3 is 5.97 Å². The highest BCUT2D eigenvalue weighted by Gasteiger charge is 2.28. The van der Waals surface area contributed by atoms with Gasteiger partial charge in [0.25, 0.3) is 0 Å². The quantitative estimate of drug-likeness (QED) is 0.454. The van der Waals surface area contributed by atoms with Gasteiger partial charge in [-0.25, -0.2) is 4.39 Å². The Morgan fingerprint density at radius 3 is 2.21 bits per heavy atom. The molecule has 1 aromatic carbocycles. The van der Waals surface area contributed by atoms with Gasteiger partial charge in [0.1, 0.15) is 11.4 Å². The number of benzene rings is 1. The first-order valence-corrected chi connectivity index (χ1v) is 9.67. The molecule has 0 N–H and O–H groups in total. The van der Waals surface area contributed by atoms with E-state index in [4.69, 9.17) is 4.74 Å². The first-order valence-electron chi connectivity index (χ1n) is 8.51. The van der Waals surface area contributed by atoms with Crippen LogP contribution in [0.5, 0.6) is 0 Å². The molecule has 24 heavy (non-hydrogen) atoms. The van der Waals surface area contributed by atoms with Gasteiger partial charge in [0.15, 0.2) is 0 Å². The Balaban J connectivity index is 2.46. The zero-order chi connectivity index (χ0) is 18.4. The number of ether oxygens (including phenoxy) is 1. The van der Waals surface area contributed by atoms with Crippen molar-refractivity contribution in [3.8, 4) is 0 Å². The van der Waals surface area contributed by atoms with Crippen LogP contribution in [0.3, 0.4) is 0 Å². The number of hydrogen-bond acceptors (Lipinski definition) is 3. The summed E-state index contributed by atoms with van der Waals surface area (Å²) in [6.45, 7) is 12.2. The van der Waals surface area contributed by atoms with Crippen molar-refractivity contribution in [2.45, 2.75) is 65.7 Å². The lowest BCUT2D eigenvalue weighted by Gasteiger charge is -2.31. The molecule has 0 amide bonds. The number of thioether (sulfide) groups is 1. The van der Waals surface area contributed by atoms with E-state index in [2.05, 4.69) is 20.8 Å². The third-order valence-electron chi connectivity index (χ3n) is 3.85. The van der Waals surface area contributed by atoms with Crippen molar-refractivity contribution in [3.05, 3.63) is 35.6 Å². The lowest BCUT2D eigenvalue weighted by molar-refractivity contribution is -0.157. The fourth-order valence-corrected chi connectivity index (χ4v) is 3.45. The summed E-state index contributed by atoms with van der Waals surface area (Å²) in [7, 11) is 0. The van der Waals surface area contributed by atoms with Gasteiger partial charge in [-0.2, -0.15) is 11.8 Å². The minimum atomic E-state index is -0.434. The third kappa shape index (κ3) is 8.72. The Bertz CT molecular complexity index is 512. The molecule has 0 saturated heterocycles. The highest BCUT2D eigenvalue weighted by atomic mass is 32.2. The predicted molar refractivity (Wildman–Crippen MR) is 101 cm³/mol. The van der Waals surface area contributed by atoms with Crippen LogP contribution < -0.4 is 0 Å². The van der Waals surface area contributed by atoms with Gasteiger partial charge in [0.05, 0.1) is 0 Å². The summed E-state index contributed by atoms with van der Waals surface area (Å²) in [6, 6.07) is 6.64. The summed E-state index contributed by atoms with van der Waals surface area (Å²) in [5, 5.41) is 0. The molecule has 2 nitrogen and oxygen atoms in total. The van der Waals surface area contributed by atoms with Crippen molar-refractivity contribution in [1.29, 1.82) is 0 Å². The molecule has 0 fully saturated rings. The average molecular weight is 355 g/mol. The van der Waals surface area contributed by atoms with Crippen molar-refractivity contribution >= 4 is 17.7 Å². The molecule has 0 radical (unpaired) electrons. The molecule has 0 aliphatic heterocycles. The van der Waals surface area contributed by atoms with Gasteiger partial charge in [-0.05, 0) is 62.0 Å². The van der Waals surface area contributed by atoms with Gasteiger partial charge < -0.3 is 4.74 Å². The van der Waals surface area contributed by atoms with Crippen LogP contribution in [0.4, 0.5) is 4.39 Å². The fraction of sp³-hybridized carbons (Fsp3) is 0.650. The molecule has 0 aromatic heterocycles.